The highest BCUT2D eigenvalue weighted by atomic mass is 28.3. The molecule has 5 heteroatoms. The van der Waals surface area contributed by atoms with E-state index < -0.39 is 8.07 Å². The molecule has 0 spiro atoms. The summed E-state index contributed by atoms with van der Waals surface area (Å²) in [5.41, 5.74) is 22.9. The molecule has 10 aromatic carbocycles. The molecule has 0 aliphatic carbocycles. The van der Waals surface area contributed by atoms with Crippen LogP contribution in [0.5, 0.6) is 0 Å². The maximum Gasteiger partial charge on any atom is 0.248 e. The van der Waals surface area contributed by atoms with Gasteiger partial charge in [-0.15, -0.1) is 0 Å². The first-order chi connectivity index (χ1) is 29.9. The summed E-state index contributed by atoms with van der Waals surface area (Å²) in [6, 6.07) is 64.9. The number of hydrogen-bond acceptors (Lipinski definition) is 2. The van der Waals surface area contributed by atoms with Crippen molar-refractivity contribution >= 4 is 126 Å². The van der Waals surface area contributed by atoms with Crippen LogP contribution in [0.25, 0.3) is 54.6 Å². The van der Waals surface area contributed by atoms with Crippen LogP contribution in [0.4, 0.5) is 34.1 Å². The standard InChI is InChI=1S/C56H40B2N2Si/c1-33-29-39-36-21-15-27-48-55(36)58(43-24-12-14-26-47(43)59(48)34-17-7-5-8-18-34)45-31-41-50(61(2,3)4)32-40-37-22-16-28-49-56(37)57(44-30-38(33)53(51(39)45)54(41)52(40)44)42-23-11-13-25-46(42)60(49)35-19-9-6-10-20-35/h5-32H,1-4H3. The highest BCUT2D eigenvalue weighted by Crippen LogP contribution is 2.49. The zero-order chi connectivity index (χ0) is 40.5. The van der Waals surface area contributed by atoms with E-state index in [1.807, 2.05) is 0 Å². The molecule has 0 saturated carbocycles. The average molecular weight is 791 g/mol. The Morgan fingerprint density at radius 3 is 1.34 bits per heavy atom. The molecule has 4 aliphatic heterocycles. The average Bonchev–Trinajstić information content (AvgIpc) is 3.29. The predicted molar refractivity (Wildman–Crippen MR) is 267 cm³/mol. The van der Waals surface area contributed by atoms with Crippen LogP contribution in [-0.2, 0) is 0 Å². The summed E-state index contributed by atoms with van der Waals surface area (Å²) in [6.45, 7) is 10.3. The van der Waals surface area contributed by atoms with Gasteiger partial charge in [0.25, 0.3) is 0 Å². The predicted octanol–water partition coefficient (Wildman–Crippen LogP) is 10.00. The Labute approximate surface area is 358 Å². The van der Waals surface area contributed by atoms with Crippen molar-refractivity contribution in [2.75, 3.05) is 9.80 Å². The number of rotatable bonds is 3. The van der Waals surface area contributed by atoms with Crippen molar-refractivity contribution < 1.29 is 0 Å². The van der Waals surface area contributed by atoms with Gasteiger partial charge in [0.1, 0.15) is 0 Å². The van der Waals surface area contributed by atoms with Gasteiger partial charge in [-0.25, -0.2) is 0 Å². The van der Waals surface area contributed by atoms with Crippen LogP contribution in [0.2, 0.25) is 19.6 Å². The van der Waals surface area contributed by atoms with E-state index in [1.54, 1.807) is 5.19 Å². The summed E-state index contributed by atoms with van der Waals surface area (Å²) in [5.74, 6) is 0. The summed E-state index contributed by atoms with van der Waals surface area (Å²) in [4.78, 5) is 5.01. The molecule has 0 radical (unpaired) electrons. The van der Waals surface area contributed by atoms with Crippen LogP contribution in [0, 0.1) is 6.92 Å². The molecule has 0 fully saturated rings. The lowest BCUT2D eigenvalue weighted by atomic mass is 9.31. The second kappa shape index (κ2) is 11.7. The summed E-state index contributed by atoms with van der Waals surface area (Å²) in [5, 5.41) is 10.2. The van der Waals surface area contributed by atoms with Crippen molar-refractivity contribution in [3.8, 4) is 22.3 Å². The summed E-state index contributed by atoms with van der Waals surface area (Å²) in [6.07, 6.45) is 0. The maximum atomic E-state index is 2.69. The fourth-order valence-electron chi connectivity index (χ4n) is 12.3. The Balaban J connectivity index is 1.15. The lowest BCUT2D eigenvalue weighted by Gasteiger charge is -2.42. The Kier molecular flexibility index (Phi) is 6.52. The third kappa shape index (κ3) is 4.24. The van der Waals surface area contributed by atoms with Crippen molar-refractivity contribution in [2.45, 2.75) is 26.6 Å². The summed E-state index contributed by atoms with van der Waals surface area (Å²) >= 11 is 0. The van der Waals surface area contributed by atoms with E-state index in [0.717, 1.165) is 0 Å². The monoisotopic (exact) mass is 790 g/mol. The Hall–Kier alpha value is -6.81. The second-order valence-electron chi connectivity index (χ2n) is 18.8. The van der Waals surface area contributed by atoms with E-state index in [2.05, 4.69) is 206 Å². The zero-order valence-corrected chi connectivity index (χ0v) is 35.7. The van der Waals surface area contributed by atoms with E-state index in [0.29, 0.717) is 0 Å². The van der Waals surface area contributed by atoms with E-state index >= 15 is 0 Å². The van der Waals surface area contributed by atoms with Crippen molar-refractivity contribution in [1.29, 1.82) is 0 Å². The first-order valence-electron chi connectivity index (χ1n) is 21.8. The smallest absolute Gasteiger partial charge is 0.248 e. The minimum Gasteiger partial charge on any atom is -0.312 e. The lowest BCUT2D eigenvalue weighted by Crippen LogP contribution is -2.60. The second-order valence-corrected chi connectivity index (χ2v) is 23.8. The number of aryl methyl sites for hydroxylation is 1. The molecule has 14 rings (SSSR count). The number of nitrogens with zero attached hydrogens (tertiary/aromatic N) is 2. The first kappa shape index (κ1) is 34.0. The maximum absolute atomic E-state index is 2.69. The topological polar surface area (TPSA) is 6.48 Å². The van der Waals surface area contributed by atoms with Gasteiger partial charge >= 0.3 is 0 Å². The molecule has 0 amide bonds. The number of para-hydroxylation sites is 4. The van der Waals surface area contributed by atoms with Gasteiger partial charge in [-0.05, 0) is 137 Å². The zero-order valence-electron chi connectivity index (χ0n) is 34.7. The van der Waals surface area contributed by atoms with Gasteiger partial charge in [-0.3, -0.25) is 0 Å². The lowest BCUT2D eigenvalue weighted by molar-refractivity contribution is 1.29. The quantitative estimate of drug-likeness (QED) is 0.130. The van der Waals surface area contributed by atoms with E-state index in [9.17, 15) is 0 Å². The third-order valence-corrected chi connectivity index (χ3v) is 16.6. The van der Waals surface area contributed by atoms with Crippen molar-refractivity contribution in [3.05, 3.63) is 175 Å². The van der Waals surface area contributed by atoms with E-state index in [1.165, 1.54) is 127 Å². The van der Waals surface area contributed by atoms with Crippen molar-refractivity contribution in [2.24, 2.45) is 0 Å². The van der Waals surface area contributed by atoms with Gasteiger partial charge in [0, 0.05) is 34.1 Å². The highest BCUT2D eigenvalue weighted by molar-refractivity contribution is 7.03. The molecule has 4 heterocycles. The molecule has 10 aromatic rings. The van der Waals surface area contributed by atoms with Gasteiger partial charge in [-0.2, -0.15) is 0 Å². The Morgan fingerprint density at radius 1 is 0.377 bits per heavy atom. The third-order valence-electron chi connectivity index (χ3n) is 14.6. The highest BCUT2D eigenvalue weighted by Gasteiger charge is 2.45. The van der Waals surface area contributed by atoms with Crippen LogP contribution in [0.3, 0.4) is 0 Å². The van der Waals surface area contributed by atoms with Gasteiger partial charge < -0.3 is 9.80 Å². The normalized spacial score (nSPS) is 14.1. The SMILES string of the molecule is Cc1cc2c3c(cc4c([Si](C)(C)C)cc5c6c(cc1c3c46)B1c3ccccc3N(c3ccccc3)c3cccc-5c31)B1c3ccccc3N(c3ccccc3)c3cccc-2c31. The largest absolute Gasteiger partial charge is 0.312 e. The van der Waals surface area contributed by atoms with E-state index in [-0.39, 0.29) is 13.4 Å². The van der Waals surface area contributed by atoms with Crippen LogP contribution in [-0.4, -0.2) is 21.5 Å². The molecule has 2 nitrogen and oxygen atoms in total. The van der Waals surface area contributed by atoms with Crippen LogP contribution >= 0.6 is 0 Å². The minimum absolute atomic E-state index is 0.114. The summed E-state index contributed by atoms with van der Waals surface area (Å²) < 4.78 is 0. The molecule has 0 atom stereocenters. The number of fused-ring (bicyclic) bond motifs is 8. The van der Waals surface area contributed by atoms with Gasteiger partial charge in [0.15, 0.2) is 0 Å². The van der Waals surface area contributed by atoms with Crippen LogP contribution < -0.4 is 47.8 Å². The molecule has 0 unspecified atom stereocenters. The molecule has 4 aliphatic rings. The van der Waals surface area contributed by atoms with Crippen LogP contribution in [0.15, 0.2) is 170 Å². The first-order valence-corrected chi connectivity index (χ1v) is 25.3. The molecule has 61 heavy (non-hydrogen) atoms. The van der Waals surface area contributed by atoms with E-state index in [4.69, 9.17) is 0 Å². The minimum atomic E-state index is -1.93. The number of anilines is 6. The molecule has 284 valence electrons. The van der Waals surface area contributed by atoms with Gasteiger partial charge in [0.05, 0.1) is 8.07 Å². The molecule has 0 saturated heterocycles. The van der Waals surface area contributed by atoms with Crippen molar-refractivity contribution in [3.63, 3.8) is 0 Å². The number of hydrogen-bond donors (Lipinski definition) is 0. The molecule has 0 bridgehead atoms. The molecule has 0 aromatic heterocycles. The molecule has 0 N–H and O–H groups in total. The van der Waals surface area contributed by atoms with Crippen LogP contribution in [0.1, 0.15) is 5.56 Å². The number of benzene rings is 10. The summed E-state index contributed by atoms with van der Waals surface area (Å²) in [7, 11) is -1.93. The van der Waals surface area contributed by atoms with Gasteiger partial charge in [0.2, 0.25) is 13.4 Å². The molecular formula is C56H40B2N2Si. The van der Waals surface area contributed by atoms with Gasteiger partial charge in [-0.1, -0.05) is 157 Å². The Morgan fingerprint density at radius 2 is 0.820 bits per heavy atom. The Bertz CT molecular complexity index is 3560. The molecular weight excluding hydrogens is 750 g/mol. The fourth-order valence-corrected chi connectivity index (χ4v) is 13.9. The van der Waals surface area contributed by atoms with Crippen molar-refractivity contribution in [1.82, 2.24) is 0 Å². The fraction of sp³-hybridized carbons (Fsp3) is 0.0714.